The predicted octanol–water partition coefficient (Wildman–Crippen LogP) is 3.54. The van der Waals surface area contributed by atoms with Crippen LogP contribution in [0.25, 0.3) is 0 Å². The lowest BCUT2D eigenvalue weighted by molar-refractivity contribution is 0.199. The fourth-order valence-electron chi connectivity index (χ4n) is 1.87. The minimum atomic E-state index is -0.548. The van der Waals surface area contributed by atoms with E-state index in [9.17, 15) is 5.11 Å². The van der Waals surface area contributed by atoms with Crippen LogP contribution in [0.4, 0.5) is 0 Å². The van der Waals surface area contributed by atoms with Crippen molar-refractivity contribution in [2.75, 3.05) is 0 Å². The SMILES string of the molecule is Cc1nn(C)c(C)c1Oc1ccc([C@@H](C)O)cc1Cl. The van der Waals surface area contributed by atoms with Crippen LogP contribution in [0.15, 0.2) is 18.2 Å². The molecule has 0 aliphatic carbocycles. The van der Waals surface area contributed by atoms with E-state index in [0.29, 0.717) is 16.5 Å². The summed E-state index contributed by atoms with van der Waals surface area (Å²) in [6, 6.07) is 5.27. The fraction of sp³-hybridized carbons (Fsp3) is 0.357. The molecule has 2 aromatic rings. The zero-order valence-electron chi connectivity index (χ0n) is 11.4. The van der Waals surface area contributed by atoms with Crippen LogP contribution in [0.2, 0.25) is 5.02 Å². The third kappa shape index (κ3) is 2.74. The van der Waals surface area contributed by atoms with Crippen LogP contribution in [-0.2, 0) is 7.05 Å². The molecule has 0 aliphatic rings. The summed E-state index contributed by atoms with van der Waals surface area (Å²) in [5, 5.41) is 14.3. The van der Waals surface area contributed by atoms with Crippen LogP contribution in [0.1, 0.15) is 30.0 Å². The maximum absolute atomic E-state index is 9.51. The Morgan fingerprint density at radius 2 is 2.05 bits per heavy atom. The Balaban J connectivity index is 2.34. The van der Waals surface area contributed by atoms with Gasteiger partial charge in [-0.1, -0.05) is 17.7 Å². The molecule has 0 saturated carbocycles. The third-order valence-corrected chi connectivity index (χ3v) is 3.39. The molecule has 0 unspecified atom stereocenters. The third-order valence-electron chi connectivity index (χ3n) is 3.09. The normalized spacial score (nSPS) is 12.5. The van der Waals surface area contributed by atoms with E-state index in [1.807, 2.05) is 20.9 Å². The largest absolute Gasteiger partial charge is 0.452 e. The molecule has 2 rings (SSSR count). The fourth-order valence-corrected chi connectivity index (χ4v) is 2.10. The topological polar surface area (TPSA) is 47.3 Å². The van der Waals surface area contributed by atoms with Crippen LogP contribution in [0, 0.1) is 13.8 Å². The number of ether oxygens (including phenoxy) is 1. The molecule has 0 radical (unpaired) electrons. The number of aryl methyl sites for hydroxylation is 2. The van der Waals surface area contributed by atoms with Crippen LogP contribution in [0.3, 0.4) is 0 Å². The van der Waals surface area contributed by atoms with Gasteiger partial charge >= 0.3 is 0 Å². The quantitative estimate of drug-likeness (QED) is 0.935. The average molecular weight is 281 g/mol. The van der Waals surface area contributed by atoms with Crippen molar-refractivity contribution in [1.29, 1.82) is 0 Å². The molecule has 0 bridgehead atoms. The lowest BCUT2D eigenvalue weighted by Crippen LogP contribution is -1.94. The maximum Gasteiger partial charge on any atom is 0.171 e. The molecule has 1 heterocycles. The first-order valence-electron chi connectivity index (χ1n) is 6.05. The number of aliphatic hydroxyl groups excluding tert-OH is 1. The Labute approximate surface area is 117 Å². The molecular weight excluding hydrogens is 264 g/mol. The first kappa shape index (κ1) is 13.9. The van der Waals surface area contributed by atoms with Gasteiger partial charge in [0.05, 0.1) is 16.8 Å². The first-order chi connectivity index (χ1) is 8.90. The van der Waals surface area contributed by atoms with Gasteiger partial charge in [0.15, 0.2) is 5.75 Å². The summed E-state index contributed by atoms with van der Waals surface area (Å²) in [7, 11) is 1.87. The standard InChI is InChI=1S/C14H17ClN2O2/c1-8-14(9(2)17(4)16-8)19-13-6-5-11(10(3)18)7-12(13)15/h5-7,10,18H,1-4H3/t10-/m1/s1. The number of aliphatic hydroxyl groups is 1. The molecule has 19 heavy (non-hydrogen) atoms. The second kappa shape index (κ2) is 5.23. The second-order valence-electron chi connectivity index (χ2n) is 4.59. The Bertz CT molecular complexity index is 606. The lowest BCUT2D eigenvalue weighted by atomic mass is 10.1. The van der Waals surface area contributed by atoms with E-state index >= 15 is 0 Å². The zero-order chi connectivity index (χ0) is 14.2. The molecule has 1 atom stereocenters. The summed E-state index contributed by atoms with van der Waals surface area (Å²) in [5.74, 6) is 1.28. The van der Waals surface area contributed by atoms with Crippen LogP contribution in [0.5, 0.6) is 11.5 Å². The van der Waals surface area contributed by atoms with Gasteiger partial charge < -0.3 is 9.84 Å². The highest BCUT2D eigenvalue weighted by Crippen LogP contribution is 2.34. The maximum atomic E-state index is 9.51. The van der Waals surface area contributed by atoms with E-state index in [4.69, 9.17) is 16.3 Å². The van der Waals surface area contributed by atoms with Gasteiger partial charge in [-0.15, -0.1) is 0 Å². The highest BCUT2D eigenvalue weighted by molar-refractivity contribution is 6.32. The number of aromatic nitrogens is 2. The van der Waals surface area contributed by atoms with E-state index < -0.39 is 6.10 Å². The van der Waals surface area contributed by atoms with Crippen LogP contribution >= 0.6 is 11.6 Å². The number of halogens is 1. The summed E-state index contributed by atoms with van der Waals surface area (Å²) >= 11 is 6.17. The van der Waals surface area contributed by atoms with Crippen molar-refractivity contribution in [3.05, 3.63) is 40.2 Å². The summed E-state index contributed by atoms with van der Waals surface area (Å²) in [4.78, 5) is 0. The van der Waals surface area contributed by atoms with Crippen molar-refractivity contribution in [2.45, 2.75) is 26.9 Å². The highest BCUT2D eigenvalue weighted by atomic mass is 35.5. The highest BCUT2D eigenvalue weighted by Gasteiger charge is 2.14. The van der Waals surface area contributed by atoms with Gasteiger partial charge in [-0.25, -0.2) is 0 Å². The lowest BCUT2D eigenvalue weighted by Gasteiger charge is -2.10. The molecule has 1 N–H and O–H groups in total. The summed E-state index contributed by atoms with van der Waals surface area (Å²) in [6.45, 7) is 5.52. The molecule has 5 heteroatoms. The van der Waals surface area contributed by atoms with Gasteiger partial charge in [0.1, 0.15) is 11.4 Å². The molecule has 0 amide bonds. The van der Waals surface area contributed by atoms with Crippen molar-refractivity contribution in [1.82, 2.24) is 9.78 Å². The molecule has 1 aromatic heterocycles. The van der Waals surface area contributed by atoms with Crippen molar-refractivity contribution in [3.63, 3.8) is 0 Å². The smallest absolute Gasteiger partial charge is 0.171 e. The van der Waals surface area contributed by atoms with Gasteiger partial charge in [0.2, 0.25) is 0 Å². The average Bonchev–Trinajstić information content (AvgIpc) is 2.58. The molecule has 0 aliphatic heterocycles. The molecule has 0 fully saturated rings. The van der Waals surface area contributed by atoms with E-state index in [2.05, 4.69) is 5.10 Å². The van der Waals surface area contributed by atoms with Gasteiger partial charge in [-0.3, -0.25) is 4.68 Å². The number of benzene rings is 1. The number of hydrogen-bond donors (Lipinski definition) is 1. The van der Waals surface area contributed by atoms with Crippen molar-refractivity contribution in [2.24, 2.45) is 7.05 Å². The van der Waals surface area contributed by atoms with E-state index in [1.54, 1.807) is 29.8 Å². The molecule has 0 saturated heterocycles. The number of rotatable bonds is 3. The van der Waals surface area contributed by atoms with Crippen LogP contribution < -0.4 is 4.74 Å². The van der Waals surface area contributed by atoms with Crippen molar-refractivity contribution in [3.8, 4) is 11.5 Å². The number of hydrogen-bond acceptors (Lipinski definition) is 3. The van der Waals surface area contributed by atoms with E-state index in [-0.39, 0.29) is 0 Å². The Morgan fingerprint density at radius 1 is 1.37 bits per heavy atom. The van der Waals surface area contributed by atoms with Crippen molar-refractivity contribution >= 4 is 11.6 Å². The Hall–Kier alpha value is -1.52. The summed E-state index contributed by atoms with van der Waals surface area (Å²) in [6.07, 6.45) is -0.548. The summed E-state index contributed by atoms with van der Waals surface area (Å²) < 4.78 is 7.60. The van der Waals surface area contributed by atoms with E-state index in [1.165, 1.54) is 0 Å². The van der Waals surface area contributed by atoms with Gasteiger partial charge in [-0.05, 0) is 38.5 Å². The second-order valence-corrected chi connectivity index (χ2v) is 5.00. The molecule has 1 aromatic carbocycles. The van der Waals surface area contributed by atoms with Crippen LogP contribution in [-0.4, -0.2) is 14.9 Å². The minimum absolute atomic E-state index is 0.473. The van der Waals surface area contributed by atoms with Gasteiger partial charge in [0, 0.05) is 7.05 Å². The van der Waals surface area contributed by atoms with Gasteiger partial charge in [0.25, 0.3) is 0 Å². The minimum Gasteiger partial charge on any atom is -0.452 e. The molecule has 102 valence electrons. The molecule has 4 nitrogen and oxygen atoms in total. The monoisotopic (exact) mass is 280 g/mol. The predicted molar refractivity (Wildman–Crippen MR) is 74.8 cm³/mol. The summed E-state index contributed by atoms with van der Waals surface area (Å²) in [5.41, 5.74) is 2.51. The molecular formula is C14H17ClN2O2. The molecule has 0 spiro atoms. The Kier molecular flexibility index (Phi) is 3.83. The zero-order valence-corrected chi connectivity index (χ0v) is 12.2. The van der Waals surface area contributed by atoms with Crippen molar-refractivity contribution < 1.29 is 9.84 Å². The first-order valence-corrected chi connectivity index (χ1v) is 6.43. The van der Waals surface area contributed by atoms with Gasteiger partial charge in [-0.2, -0.15) is 5.10 Å². The Morgan fingerprint density at radius 3 is 2.53 bits per heavy atom. The number of nitrogens with zero attached hydrogens (tertiary/aromatic N) is 2. The van der Waals surface area contributed by atoms with E-state index in [0.717, 1.165) is 17.0 Å².